The Hall–Kier alpha value is -3.12. The maximum Gasteiger partial charge on any atom is 0.276 e. The third-order valence-electron chi connectivity index (χ3n) is 3.91. The van der Waals surface area contributed by atoms with E-state index in [4.69, 9.17) is 16.3 Å². The van der Waals surface area contributed by atoms with Crippen molar-refractivity contribution in [2.45, 2.75) is 20.6 Å². The first-order chi connectivity index (χ1) is 12.9. The molecule has 1 aromatic heterocycles. The van der Waals surface area contributed by atoms with Gasteiger partial charge >= 0.3 is 0 Å². The van der Waals surface area contributed by atoms with Gasteiger partial charge in [-0.3, -0.25) is 9.59 Å². The number of Topliss-reactive ketones (excluding diaryl/α,β-unsaturated/α-hetero) is 1. The lowest BCUT2D eigenvalue weighted by Crippen LogP contribution is -2.14. The van der Waals surface area contributed by atoms with Crippen LogP contribution >= 0.6 is 11.6 Å². The summed E-state index contributed by atoms with van der Waals surface area (Å²) in [5.41, 5.74) is 2.36. The van der Waals surface area contributed by atoms with Gasteiger partial charge in [-0.15, -0.1) is 0 Å². The fourth-order valence-electron chi connectivity index (χ4n) is 2.45. The Kier molecular flexibility index (Phi) is 5.57. The normalized spacial score (nSPS) is 10.5. The summed E-state index contributed by atoms with van der Waals surface area (Å²) in [4.78, 5) is 23.6. The smallest absolute Gasteiger partial charge is 0.276 e. The quantitative estimate of drug-likeness (QED) is 0.643. The van der Waals surface area contributed by atoms with Gasteiger partial charge in [0, 0.05) is 22.5 Å². The van der Waals surface area contributed by atoms with E-state index in [0.29, 0.717) is 22.0 Å². The highest BCUT2D eigenvalue weighted by atomic mass is 35.5. The van der Waals surface area contributed by atoms with E-state index in [1.807, 2.05) is 13.0 Å². The van der Waals surface area contributed by atoms with Crippen LogP contribution in [0.5, 0.6) is 5.75 Å². The molecule has 7 heteroatoms. The third-order valence-corrected chi connectivity index (χ3v) is 4.15. The zero-order chi connectivity index (χ0) is 19.4. The Morgan fingerprint density at radius 3 is 2.56 bits per heavy atom. The lowest BCUT2D eigenvalue weighted by molar-refractivity contribution is 0.101. The van der Waals surface area contributed by atoms with Gasteiger partial charge in [-0.1, -0.05) is 11.6 Å². The number of carbonyl (C=O) groups is 2. The maximum atomic E-state index is 12.3. The van der Waals surface area contributed by atoms with Crippen LogP contribution in [0.2, 0.25) is 5.02 Å². The first-order valence-electron chi connectivity index (χ1n) is 8.27. The topological polar surface area (TPSA) is 73.2 Å². The molecule has 0 fully saturated rings. The van der Waals surface area contributed by atoms with Crippen LogP contribution in [0, 0.1) is 6.92 Å². The molecule has 0 spiro atoms. The number of aryl methyl sites for hydroxylation is 1. The van der Waals surface area contributed by atoms with Crippen molar-refractivity contribution in [2.24, 2.45) is 0 Å². The monoisotopic (exact) mass is 383 g/mol. The highest BCUT2D eigenvalue weighted by molar-refractivity contribution is 6.30. The molecule has 6 nitrogen and oxygen atoms in total. The highest BCUT2D eigenvalue weighted by Gasteiger charge is 2.11. The second kappa shape index (κ2) is 8.05. The van der Waals surface area contributed by atoms with Gasteiger partial charge < -0.3 is 10.1 Å². The average Bonchev–Trinajstić information content (AvgIpc) is 3.10. The number of hydrogen-bond acceptors (Lipinski definition) is 4. The van der Waals surface area contributed by atoms with Crippen LogP contribution < -0.4 is 10.1 Å². The van der Waals surface area contributed by atoms with Gasteiger partial charge in [0.2, 0.25) is 0 Å². The van der Waals surface area contributed by atoms with Gasteiger partial charge in [0.25, 0.3) is 5.91 Å². The number of amides is 1. The number of hydrogen-bond donors (Lipinski definition) is 1. The Morgan fingerprint density at radius 1 is 1.15 bits per heavy atom. The molecule has 1 heterocycles. The average molecular weight is 384 g/mol. The van der Waals surface area contributed by atoms with Gasteiger partial charge in [-0.05, 0) is 67.9 Å². The Balaban J connectivity index is 1.61. The van der Waals surface area contributed by atoms with Gasteiger partial charge in [0.1, 0.15) is 5.75 Å². The molecule has 1 N–H and O–H groups in total. The maximum absolute atomic E-state index is 12.3. The number of ketones is 1. The van der Waals surface area contributed by atoms with Crippen LogP contribution in [0.25, 0.3) is 0 Å². The Labute approximate surface area is 161 Å². The fraction of sp³-hybridized carbons (Fsp3) is 0.150. The highest BCUT2D eigenvalue weighted by Crippen LogP contribution is 2.22. The lowest BCUT2D eigenvalue weighted by Gasteiger charge is -2.09. The molecule has 0 aliphatic heterocycles. The summed E-state index contributed by atoms with van der Waals surface area (Å²) in [6.45, 7) is 3.57. The molecule has 3 rings (SSSR count). The largest absolute Gasteiger partial charge is 0.471 e. The molecule has 0 bridgehead atoms. The number of anilines is 1. The van der Waals surface area contributed by atoms with Gasteiger partial charge in [0.05, 0.1) is 0 Å². The molecule has 0 atom stereocenters. The van der Waals surface area contributed by atoms with Crippen molar-refractivity contribution in [2.75, 3.05) is 5.32 Å². The van der Waals surface area contributed by atoms with Crippen LogP contribution in [0.3, 0.4) is 0 Å². The molecular formula is C20H18ClN3O3. The van der Waals surface area contributed by atoms with Gasteiger partial charge in [-0.2, -0.15) is 5.10 Å². The van der Waals surface area contributed by atoms with E-state index in [1.165, 1.54) is 11.6 Å². The predicted molar refractivity (Wildman–Crippen MR) is 103 cm³/mol. The fourth-order valence-corrected chi connectivity index (χ4v) is 2.68. The van der Waals surface area contributed by atoms with Crippen molar-refractivity contribution in [3.63, 3.8) is 0 Å². The van der Waals surface area contributed by atoms with Crippen molar-refractivity contribution in [1.29, 1.82) is 0 Å². The van der Waals surface area contributed by atoms with Crippen molar-refractivity contribution >= 4 is 29.0 Å². The van der Waals surface area contributed by atoms with Crippen LogP contribution in [0.4, 0.5) is 5.69 Å². The SMILES string of the molecule is CC(=O)c1ccc(NC(=O)c2ccn(COc3ccc(Cl)cc3C)n2)cc1. The number of carbonyl (C=O) groups excluding carboxylic acids is 2. The summed E-state index contributed by atoms with van der Waals surface area (Å²) in [6, 6.07) is 13.7. The summed E-state index contributed by atoms with van der Waals surface area (Å²) in [5.74, 6) is 0.334. The zero-order valence-corrected chi connectivity index (χ0v) is 15.7. The van der Waals surface area contributed by atoms with Crippen LogP contribution in [0.1, 0.15) is 33.3 Å². The third kappa shape index (κ3) is 4.74. The minimum absolute atomic E-state index is 0.0254. The molecule has 0 radical (unpaired) electrons. The van der Waals surface area contributed by atoms with E-state index in [0.717, 1.165) is 5.56 Å². The van der Waals surface area contributed by atoms with Crippen molar-refractivity contribution in [1.82, 2.24) is 9.78 Å². The van der Waals surface area contributed by atoms with Crippen LogP contribution in [-0.4, -0.2) is 21.5 Å². The zero-order valence-electron chi connectivity index (χ0n) is 14.9. The molecule has 0 saturated carbocycles. The van der Waals surface area contributed by atoms with E-state index in [-0.39, 0.29) is 24.1 Å². The Bertz CT molecular complexity index is 980. The van der Waals surface area contributed by atoms with E-state index in [9.17, 15) is 9.59 Å². The molecule has 0 aliphatic rings. The molecule has 0 unspecified atom stereocenters. The summed E-state index contributed by atoms with van der Waals surface area (Å²) < 4.78 is 7.23. The number of benzene rings is 2. The number of ether oxygens (including phenoxy) is 1. The van der Waals surface area contributed by atoms with Gasteiger partial charge in [-0.25, -0.2) is 4.68 Å². The van der Waals surface area contributed by atoms with Crippen molar-refractivity contribution < 1.29 is 14.3 Å². The summed E-state index contributed by atoms with van der Waals surface area (Å²) in [6.07, 6.45) is 1.67. The minimum Gasteiger partial charge on any atom is -0.471 e. The summed E-state index contributed by atoms with van der Waals surface area (Å²) >= 11 is 5.93. The molecule has 3 aromatic rings. The molecule has 2 aromatic carbocycles. The summed E-state index contributed by atoms with van der Waals surface area (Å²) in [7, 11) is 0. The lowest BCUT2D eigenvalue weighted by atomic mass is 10.1. The molecule has 0 aliphatic carbocycles. The molecule has 27 heavy (non-hydrogen) atoms. The Morgan fingerprint density at radius 2 is 1.89 bits per heavy atom. The predicted octanol–water partition coefficient (Wildman–Crippen LogP) is 4.34. The summed E-state index contributed by atoms with van der Waals surface area (Å²) in [5, 5.41) is 7.61. The number of nitrogens with zero attached hydrogens (tertiary/aromatic N) is 2. The van der Waals surface area contributed by atoms with E-state index < -0.39 is 0 Å². The van der Waals surface area contributed by atoms with E-state index >= 15 is 0 Å². The number of nitrogens with one attached hydrogen (secondary N) is 1. The van der Waals surface area contributed by atoms with E-state index in [1.54, 1.807) is 48.7 Å². The number of rotatable bonds is 6. The van der Waals surface area contributed by atoms with Crippen LogP contribution in [-0.2, 0) is 6.73 Å². The number of aromatic nitrogens is 2. The molecule has 1 amide bonds. The second-order valence-electron chi connectivity index (χ2n) is 6.01. The molecule has 0 saturated heterocycles. The first kappa shape index (κ1) is 18.7. The second-order valence-corrected chi connectivity index (χ2v) is 6.45. The molecular weight excluding hydrogens is 366 g/mol. The minimum atomic E-state index is -0.341. The van der Waals surface area contributed by atoms with Crippen LogP contribution in [0.15, 0.2) is 54.7 Å². The number of halogens is 1. The molecule has 138 valence electrons. The van der Waals surface area contributed by atoms with Crippen molar-refractivity contribution in [3.05, 3.63) is 76.6 Å². The first-order valence-corrected chi connectivity index (χ1v) is 8.65. The van der Waals surface area contributed by atoms with Gasteiger partial charge in [0.15, 0.2) is 18.2 Å². The van der Waals surface area contributed by atoms with Crippen molar-refractivity contribution in [3.8, 4) is 5.75 Å². The standard InChI is InChI=1S/C20H18ClN3O3/c1-13-11-16(21)5-8-19(13)27-12-24-10-9-18(23-24)20(26)22-17-6-3-15(4-7-17)14(2)25/h3-11H,12H2,1-2H3,(H,22,26). The van der Waals surface area contributed by atoms with E-state index in [2.05, 4.69) is 10.4 Å².